The molecule has 0 saturated carbocycles. The number of carbonyl (C=O) groups is 1. The van der Waals surface area contributed by atoms with Crippen LogP contribution in [0.4, 0.5) is 0 Å². The fraction of sp³-hybridized carbons (Fsp3) is 0.500. The summed E-state index contributed by atoms with van der Waals surface area (Å²) in [5.74, 6) is -0.701. The fourth-order valence-electron chi connectivity index (χ4n) is 1.73. The average Bonchev–Trinajstić information content (AvgIpc) is 2.29. The molecule has 1 unspecified atom stereocenters. The van der Waals surface area contributed by atoms with E-state index < -0.39 is 12.0 Å². The Morgan fingerprint density at radius 1 is 1.24 bits per heavy atom. The Labute approximate surface area is 103 Å². The molecule has 2 N–H and O–H groups in total. The smallest absolute Gasteiger partial charge is 0.320 e. The van der Waals surface area contributed by atoms with Crippen LogP contribution in [0.25, 0.3) is 0 Å². The molecule has 0 fully saturated rings. The van der Waals surface area contributed by atoms with Crippen LogP contribution in [0.5, 0.6) is 0 Å². The lowest BCUT2D eigenvalue weighted by molar-refractivity contribution is -0.140. The maximum atomic E-state index is 11.0. The van der Waals surface area contributed by atoms with E-state index in [0.717, 1.165) is 12.0 Å². The van der Waals surface area contributed by atoms with Gasteiger partial charge < -0.3 is 10.4 Å². The predicted octanol–water partition coefficient (Wildman–Crippen LogP) is 2.45. The monoisotopic (exact) mass is 235 g/mol. The second-order valence-corrected chi connectivity index (χ2v) is 4.61. The molecule has 0 amide bonds. The quantitative estimate of drug-likeness (QED) is 0.796. The van der Waals surface area contributed by atoms with E-state index in [0.29, 0.717) is 6.54 Å². The number of carboxylic acids is 1. The van der Waals surface area contributed by atoms with E-state index in [1.54, 1.807) is 0 Å². The molecule has 3 heteroatoms. The molecule has 3 nitrogen and oxygen atoms in total. The highest BCUT2D eigenvalue weighted by Crippen LogP contribution is 2.07. The first-order chi connectivity index (χ1) is 8.04. The van der Waals surface area contributed by atoms with Gasteiger partial charge >= 0.3 is 5.97 Å². The van der Waals surface area contributed by atoms with Gasteiger partial charge in [-0.1, -0.05) is 45.0 Å². The summed E-state index contributed by atoms with van der Waals surface area (Å²) in [6.45, 7) is 6.53. The van der Waals surface area contributed by atoms with E-state index in [1.165, 1.54) is 5.56 Å². The topological polar surface area (TPSA) is 49.3 Å². The zero-order valence-electron chi connectivity index (χ0n) is 10.7. The van der Waals surface area contributed by atoms with E-state index in [4.69, 9.17) is 5.11 Å². The molecule has 1 aromatic carbocycles. The zero-order valence-corrected chi connectivity index (χ0v) is 10.7. The Hall–Kier alpha value is -1.35. The van der Waals surface area contributed by atoms with Gasteiger partial charge in [-0.05, 0) is 23.5 Å². The molecule has 0 aliphatic rings. The third-order valence-electron chi connectivity index (χ3n) is 2.89. The van der Waals surface area contributed by atoms with Crippen LogP contribution in [-0.2, 0) is 17.8 Å². The lowest BCUT2D eigenvalue weighted by Crippen LogP contribution is -2.40. The van der Waals surface area contributed by atoms with Gasteiger partial charge in [0, 0.05) is 6.54 Å². The number of rotatable bonds is 6. The third kappa shape index (κ3) is 4.19. The van der Waals surface area contributed by atoms with E-state index in [2.05, 4.69) is 24.4 Å². The summed E-state index contributed by atoms with van der Waals surface area (Å²) in [6.07, 6.45) is 1.03. The summed E-state index contributed by atoms with van der Waals surface area (Å²) in [7, 11) is 0. The Kier molecular flexibility index (Phi) is 5.16. The van der Waals surface area contributed by atoms with Gasteiger partial charge in [-0.2, -0.15) is 0 Å². The van der Waals surface area contributed by atoms with Crippen molar-refractivity contribution in [3.05, 3.63) is 35.4 Å². The van der Waals surface area contributed by atoms with Crippen molar-refractivity contribution in [2.75, 3.05) is 0 Å². The highest BCUT2D eigenvalue weighted by molar-refractivity contribution is 5.73. The van der Waals surface area contributed by atoms with Crippen LogP contribution < -0.4 is 5.32 Å². The lowest BCUT2D eigenvalue weighted by Gasteiger charge is -2.17. The fourth-order valence-corrected chi connectivity index (χ4v) is 1.73. The molecule has 1 atom stereocenters. The standard InChI is InChI=1S/C14H21NO2/c1-4-11-5-7-12(8-6-11)9-15-13(10(2)3)14(16)17/h5-8,10,13,15H,4,9H2,1-3H3,(H,16,17). The minimum absolute atomic E-state index is 0.0856. The van der Waals surface area contributed by atoms with E-state index in [9.17, 15) is 4.79 Å². The zero-order chi connectivity index (χ0) is 12.8. The normalized spacial score (nSPS) is 12.7. The molecule has 1 aromatic rings. The van der Waals surface area contributed by atoms with Crippen LogP contribution in [0, 0.1) is 5.92 Å². The minimum atomic E-state index is -0.787. The van der Waals surface area contributed by atoms with Crippen LogP contribution in [0.1, 0.15) is 31.9 Å². The van der Waals surface area contributed by atoms with Crippen LogP contribution >= 0.6 is 0 Å². The Bertz CT molecular complexity index is 357. The van der Waals surface area contributed by atoms with E-state index in [1.807, 2.05) is 26.0 Å². The molecule has 0 radical (unpaired) electrons. The minimum Gasteiger partial charge on any atom is -0.480 e. The first kappa shape index (κ1) is 13.7. The van der Waals surface area contributed by atoms with Crippen LogP contribution in [0.3, 0.4) is 0 Å². The number of nitrogens with one attached hydrogen (secondary N) is 1. The molecular weight excluding hydrogens is 214 g/mol. The summed E-state index contributed by atoms with van der Waals surface area (Å²) >= 11 is 0. The molecule has 0 heterocycles. The van der Waals surface area contributed by atoms with Crippen molar-refractivity contribution >= 4 is 5.97 Å². The molecule has 17 heavy (non-hydrogen) atoms. The SMILES string of the molecule is CCc1ccc(CNC(C(=O)O)C(C)C)cc1. The maximum Gasteiger partial charge on any atom is 0.320 e. The van der Waals surface area contributed by atoms with Crippen LogP contribution in [0.15, 0.2) is 24.3 Å². The van der Waals surface area contributed by atoms with Gasteiger partial charge in [-0.15, -0.1) is 0 Å². The van der Waals surface area contributed by atoms with Gasteiger partial charge in [0.2, 0.25) is 0 Å². The Morgan fingerprint density at radius 3 is 2.18 bits per heavy atom. The number of hydrogen-bond donors (Lipinski definition) is 2. The maximum absolute atomic E-state index is 11.0. The van der Waals surface area contributed by atoms with Crippen LogP contribution in [0.2, 0.25) is 0 Å². The Morgan fingerprint density at radius 2 is 1.76 bits per heavy atom. The molecule has 0 aliphatic carbocycles. The molecule has 0 bridgehead atoms. The molecule has 94 valence electrons. The predicted molar refractivity (Wildman–Crippen MR) is 68.9 cm³/mol. The molecule has 0 aliphatic heterocycles. The highest BCUT2D eigenvalue weighted by Gasteiger charge is 2.20. The summed E-state index contributed by atoms with van der Waals surface area (Å²) in [5.41, 5.74) is 2.42. The van der Waals surface area contributed by atoms with Gasteiger partial charge in [0.1, 0.15) is 6.04 Å². The van der Waals surface area contributed by atoms with Crippen molar-refractivity contribution in [2.24, 2.45) is 5.92 Å². The van der Waals surface area contributed by atoms with Gasteiger partial charge in [-0.25, -0.2) is 0 Å². The molecule has 0 spiro atoms. The second-order valence-electron chi connectivity index (χ2n) is 4.61. The van der Waals surface area contributed by atoms with Gasteiger partial charge in [0.25, 0.3) is 0 Å². The largest absolute Gasteiger partial charge is 0.480 e. The number of aliphatic carboxylic acids is 1. The van der Waals surface area contributed by atoms with Crippen molar-refractivity contribution in [3.63, 3.8) is 0 Å². The summed E-state index contributed by atoms with van der Waals surface area (Å²) < 4.78 is 0. The number of hydrogen-bond acceptors (Lipinski definition) is 2. The summed E-state index contributed by atoms with van der Waals surface area (Å²) in [5, 5.41) is 12.1. The molecule has 1 rings (SSSR count). The second kappa shape index (κ2) is 6.40. The van der Waals surface area contributed by atoms with E-state index in [-0.39, 0.29) is 5.92 Å². The molecule has 0 saturated heterocycles. The number of benzene rings is 1. The highest BCUT2D eigenvalue weighted by atomic mass is 16.4. The average molecular weight is 235 g/mol. The lowest BCUT2D eigenvalue weighted by atomic mass is 10.0. The molecule has 0 aromatic heterocycles. The van der Waals surface area contributed by atoms with Gasteiger partial charge in [0.15, 0.2) is 0 Å². The number of carboxylic acid groups (broad SMARTS) is 1. The van der Waals surface area contributed by atoms with E-state index >= 15 is 0 Å². The van der Waals surface area contributed by atoms with Crippen molar-refractivity contribution in [1.29, 1.82) is 0 Å². The summed E-state index contributed by atoms with van der Waals surface area (Å²) in [4.78, 5) is 11.0. The first-order valence-electron chi connectivity index (χ1n) is 6.08. The van der Waals surface area contributed by atoms with Crippen molar-refractivity contribution < 1.29 is 9.90 Å². The first-order valence-corrected chi connectivity index (χ1v) is 6.08. The molecular formula is C14H21NO2. The van der Waals surface area contributed by atoms with Crippen molar-refractivity contribution in [1.82, 2.24) is 5.32 Å². The van der Waals surface area contributed by atoms with Crippen LogP contribution in [-0.4, -0.2) is 17.1 Å². The van der Waals surface area contributed by atoms with Crippen molar-refractivity contribution in [3.8, 4) is 0 Å². The Balaban J connectivity index is 2.56. The van der Waals surface area contributed by atoms with Gasteiger partial charge in [0.05, 0.1) is 0 Å². The van der Waals surface area contributed by atoms with Gasteiger partial charge in [-0.3, -0.25) is 4.79 Å². The third-order valence-corrected chi connectivity index (χ3v) is 2.89. The van der Waals surface area contributed by atoms with Crippen molar-refractivity contribution in [2.45, 2.75) is 39.8 Å². The summed E-state index contributed by atoms with van der Waals surface area (Å²) in [6, 6.07) is 7.78. The number of aryl methyl sites for hydroxylation is 1.